The monoisotopic (exact) mass is 248 g/mol. The van der Waals surface area contributed by atoms with Crippen LogP contribution in [0.5, 0.6) is 0 Å². The molecule has 0 aliphatic rings. The van der Waals surface area contributed by atoms with Crippen LogP contribution in [0.15, 0.2) is 24.3 Å². The summed E-state index contributed by atoms with van der Waals surface area (Å²) in [4.78, 5) is 11.6. The third-order valence-electron chi connectivity index (χ3n) is 2.92. The van der Waals surface area contributed by atoms with Crippen molar-refractivity contribution < 1.29 is 4.79 Å². The minimum atomic E-state index is -0.278. The Morgan fingerprint density at radius 1 is 1.22 bits per heavy atom. The molecule has 0 saturated carbocycles. The highest BCUT2D eigenvalue weighted by Crippen LogP contribution is 2.07. The fourth-order valence-electron chi connectivity index (χ4n) is 1.62. The average molecular weight is 248 g/mol. The first-order chi connectivity index (χ1) is 8.40. The predicted octanol–water partition coefficient (Wildman–Crippen LogP) is 2.38. The quantitative estimate of drug-likeness (QED) is 0.812. The molecule has 0 aromatic heterocycles. The molecular formula is C15H24N2O. The molecule has 0 heterocycles. The molecular weight excluding hydrogens is 224 g/mol. The van der Waals surface area contributed by atoms with Gasteiger partial charge in [-0.05, 0) is 37.8 Å². The number of carbonyl (C=O) groups is 1. The maximum atomic E-state index is 11.6. The van der Waals surface area contributed by atoms with E-state index in [4.69, 9.17) is 5.73 Å². The first-order valence-electron chi connectivity index (χ1n) is 6.54. The van der Waals surface area contributed by atoms with Crippen LogP contribution in [0.4, 0.5) is 0 Å². The van der Waals surface area contributed by atoms with Crippen LogP contribution >= 0.6 is 0 Å². The standard InChI is InChI=1S/C15H24N2O/c1-4-12-5-7-13(8-6-12)11-17-14(18)9-10-15(2,3)16/h5-8H,4,9-11,16H2,1-3H3,(H,17,18). The highest BCUT2D eigenvalue weighted by atomic mass is 16.1. The summed E-state index contributed by atoms with van der Waals surface area (Å²) in [5, 5.41) is 2.91. The third kappa shape index (κ3) is 5.82. The zero-order valence-electron chi connectivity index (χ0n) is 11.6. The Bertz CT molecular complexity index is 376. The second-order valence-corrected chi connectivity index (χ2v) is 5.44. The molecule has 1 aromatic carbocycles. The lowest BCUT2D eigenvalue weighted by Crippen LogP contribution is -2.34. The van der Waals surface area contributed by atoms with Gasteiger partial charge in [-0.3, -0.25) is 4.79 Å². The van der Waals surface area contributed by atoms with Gasteiger partial charge in [0.2, 0.25) is 5.91 Å². The molecule has 0 saturated heterocycles. The third-order valence-corrected chi connectivity index (χ3v) is 2.92. The fraction of sp³-hybridized carbons (Fsp3) is 0.533. The van der Waals surface area contributed by atoms with E-state index in [9.17, 15) is 4.79 Å². The van der Waals surface area contributed by atoms with Crippen molar-refractivity contribution in [3.05, 3.63) is 35.4 Å². The number of hydrogen-bond donors (Lipinski definition) is 2. The Kier molecular flexibility index (Phi) is 5.35. The highest BCUT2D eigenvalue weighted by Gasteiger charge is 2.12. The van der Waals surface area contributed by atoms with Crippen LogP contribution in [0, 0.1) is 0 Å². The summed E-state index contributed by atoms with van der Waals surface area (Å²) in [6, 6.07) is 8.33. The minimum Gasteiger partial charge on any atom is -0.352 e. The van der Waals surface area contributed by atoms with Gasteiger partial charge in [0.15, 0.2) is 0 Å². The predicted molar refractivity (Wildman–Crippen MR) is 75.2 cm³/mol. The maximum Gasteiger partial charge on any atom is 0.220 e. The van der Waals surface area contributed by atoms with Crippen LogP contribution in [0.25, 0.3) is 0 Å². The molecule has 3 heteroatoms. The molecule has 0 aliphatic heterocycles. The Morgan fingerprint density at radius 2 is 1.78 bits per heavy atom. The molecule has 18 heavy (non-hydrogen) atoms. The lowest BCUT2D eigenvalue weighted by Gasteiger charge is -2.17. The lowest BCUT2D eigenvalue weighted by atomic mass is 10.00. The second kappa shape index (κ2) is 6.55. The van der Waals surface area contributed by atoms with E-state index in [1.54, 1.807) is 0 Å². The molecule has 0 atom stereocenters. The van der Waals surface area contributed by atoms with E-state index >= 15 is 0 Å². The van der Waals surface area contributed by atoms with Crippen LogP contribution in [-0.4, -0.2) is 11.4 Å². The van der Waals surface area contributed by atoms with Crippen LogP contribution in [0.2, 0.25) is 0 Å². The largest absolute Gasteiger partial charge is 0.352 e. The van der Waals surface area contributed by atoms with Gasteiger partial charge >= 0.3 is 0 Å². The Hall–Kier alpha value is -1.35. The smallest absolute Gasteiger partial charge is 0.220 e. The van der Waals surface area contributed by atoms with E-state index in [2.05, 4.69) is 36.5 Å². The Morgan fingerprint density at radius 3 is 2.28 bits per heavy atom. The Balaban J connectivity index is 2.33. The summed E-state index contributed by atoms with van der Waals surface area (Å²) in [7, 11) is 0. The van der Waals surface area contributed by atoms with Gasteiger partial charge in [0.05, 0.1) is 0 Å². The first kappa shape index (κ1) is 14.7. The van der Waals surface area contributed by atoms with Gasteiger partial charge in [-0.15, -0.1) is 0 Å². The molecule has 0 aliphatic carbocycles. The molecule has 0 bridgehead atoms. The van der Waals surface area contributed by atoms with E-state index < -0.39 is 0 Å². The summed E-state index contributed by atoms with van der Waals surface area (Å²) in [6.07, 6.45) is 2.22. The summed E-state index contributed by atoms with van der Waals surface area (Å²) in [5.41, 5.74) is 8.01. The van der Waals surface area contributed by atoms with Gasteiger partial charge in [0.1, 0.15) is 0 Å². The summed E-state index contributed by atoms with van der Waals surface area (Å²) >= 11 is 0. The molecule has 1 amide bonds. The molecule has 0 fully saturated rings. The van der Waals surface area contributed by atoms with Crippen LogP contribution in [-0.2, 0) is 17.8 Å². The van der Waals surface area contributed by atoms with E-state index in [-0.39, 0.29) is 11.4 Å². The molecule has 3 nitrogen and oxygen atoms in total. The molecule has 100 valence electrons. The van der Waals surface area contributed by atoms with E-state index in [0.29, 0.717) is 19.4 Å². The van der Waals surface area contributed by atoms with Gasteiger partial charge < -0.3 is 11.1 Å². The number of benzene rings is 1. The first-order valence-corrected chi connectivity index (χ1v) is 6.54. The molecule has 3 N–H and O–H groups in total. The van der Waals surface area contributed by atoms with Gasteiger partial charge in [-0.2, -0.15) is 0 Å². The number of rotatable bonds is 6. The molecule has 0 spiro atoms. The molecule has 1 aromatic rings. The van der Waals surface area contributed by atoms with E-state index in [0.717, 1.165) is 12.0 Å². The van der Waals surface area contributed by atoms with E-state index in [1.165, 1.54) is 5.56 Å². The lowest BCUT2D eigenvalue weighted by molar-refractivity contribution is -0.121. The second-order valence-electron chi connectivity index (χ2n) is 5.44. The fourth-order valence-corrected chi connectivity index (χ4v) is 1.62. The number of carbonyl (C=O) groups excluding carboxylic acids is 1. The van der Waals surface area contributed by atoms with Crippen molar-refractivity contribution in [3.63, 3.8) is 0 Å². The van der Waals surface area contributed by atoms with Crippen molar-refractivity contribution >= 4 is 5.91 Å². The summed E-state index contributed by atoms with van der Waals surface area (Å²) < 4.78 is 0. The Labute approximate surface area is 110 Å². The topological polar surface area (TPSA) is 55.1 Å². The van der Waals surface area contributed by atoms with Crippen molar-refractivity contribution in [1.29, 1.82) is 0 Å². The van der Waals surface area contributed by atoms with Crippen LogP contribution in [0.1, 0.15) is 44.7 Å². The van der Waals surface area contributed by atoms with Crippen LogP contribution < -0.4 is 11.1 Å². The summed E-state index contributed by atoms with van der Waals surface area (Å²) in [6.45, 7) is 6.59. The van der Waals surface area contributed by atoms with Crippen molar-refractivity contribution in [3.8, 4) is 0 Å². The van der Waals surface area contributed by atoms with E-state index in [1.807, 2.05) is 13.8 Å². The van der Waals surface area contributed by atoms with Crippen molar-refractivity contribution in [2.45, 2.75) is 52.1 Å². The normalized spacial score (nSPS) is 11.3. The van der Waals surface area contributed by atoms with Crippen molar-refractivity contribution in [2.75, 3.05) is 0 Å². The van der Waals surface area contributed by atoms with Gasteiger partial charge in [0.25, 0.3) is 0 Å². The average Bonchev–Trinajstić information content (AvgIpc) is 2.33. The maximum absolute atomic E-state index is 11.6. The number of aryl methyl sites for hydroxylation is 1. The number of nitrogens with two attached hydrogens (primary N) is 1. The minimum absolute atomic E-state index is 0.0630. The number of amides is 1. The molecule has 0 radical (unpaired) electrons. The zero-order valence-corrected chi connectivity index (χ0v) is 11.6. The molecule has 1 rings (SSSR count). The molecule has 0 unspecified atom stereocenters. The van der Waals surface area contributed by atoms with Crippen molar-refractivity contribution in [2.24, 2.45) is 5.73 Å². The van der Waals surface area contributed by atoms with Crippen LogP contribution in [0.3, 0.4) is 0 Å². The number of nitrogens with one attached hydrogen (secondary N) is 1. The summed E-state index contributed by atoms with van der Waals surface area (Å²) in [5.74, 6) is 0.0630. The SMILES string of the molecule is CCc1ccc(CNC(=O)CCC(C)(C)N)cc1. The van der Waals surface area contributed by atoms with Gasteiger partial charge in [0, 0.05) is 18.5 Å². The highest BCUT2D eigenvalue weighted by molar-refractivity contribution is 5.75. The number of hydrogen-bond acceptors (Lipinski definition) is 2. The van der Waals surface area contributed by atoms with Gasteiger partial charge in [-0.25, -0.2) is 0 Å². The van der Waals surface area contributed by atoms with Gasteiger partial charge in [-0.1, -0.05) is 31.2 Å². The zero-order chi connectivity index (χ0) is 13.6. The van der Waals surface area contributed by atoms with Crippen molar-refractivity contribution in [1.82, 2.24) is 5.32 Å².